The van der Waals surface area contributed by atoms with Gasteiger partial charge >= 0.3 is 0 Å². The Balaban J connectivity index is 1.58. The Morgan fingerprint density at radius 1 is 0.969 bits per heavy atom. The molecule has 2 aromatic heterocycles. The predicted octanol–water partition coefficient (Wildman–Crippen LogP) is 5.01. The Morgan fingerprint density at radius 3 is 2.41 bits per heavy atom. The van der Waals surface area contributed by atoms with Gasteiger partial charge in [-0.05, 0) is 43.4 Å². The van der Waals surface area contributed by atoms with Gasteiger partial charge in [0, 0.05) is 40.9 Å². The van der Waals surface area contributed by atoms with Crippen molar-refractivity contribution < 1.29 is 9.47 Å². The molecule has 0 fully saturated rings. The van der Waals surface area contributed by atoms with Gasteiger partial charge < -0.3 is 14.8 Å². The molecule has 1 aliphatic rings. The maximum Gasteiger partial charge on any atom is 0.254 e. The molecule has 164 valence electrons. The molecule has 0 aliphatic heterocycles. The second kappa shape index (κ2) is 8.67. The molecule has 2 aromatic carbocycles. The molecule has 0 atom stereocenters. The van der Waals surface area contributed by atoms with Crippen LogP contribution in [-0.2, 0) is 19.3 Å². The van der Waals surface area contributed by atoms with Crippen molar-refractivity contribution in [2.45, 2.75) is 32.1 Å². The maximum atomic E-state index is 6.02. The van der Waals surface area contributed by atoms with E-state index in [4.69, 9.17) is 36.1 Å². The number of ether oxygens (including phenoxy) is 2. The van der Waals surface area contributed by atoms with E-state index in [-0.39, 0.29) is 0 Å². The third kappa shape index (κ3) is 4.08. The van der Waals surface area contributed by atoms with E-state index in [1.165, 1.54) is 5.56 Å². The van der Waals surface area contributed by atoms with Crippen LogP contribution < -0.4 is 14.8 Å². The fourth-order valence-electron chi connectivity index (χ4n) is 4.09. The quantitative estimate of drug-likeness (QED) is 0.446. The molecule has 7 nitrogen and oxygen atoms in total. The summed E-state index contributed by atoms with van der Waals surface area (Å²) in [7, 11) is 3.29. The first-order valence-electron chi connectivity index (χ1n) is 10.6. The highest BCUT2D eigenvalue weighted by Crippen LogP contribution is 2.32. The Morgan fingerprint density at radius 2 is 1.69 bits per heavy atom. The number of halogens is 1. The van der Waals surface area contributed by atoms with Crippen LogP contribution in [0.3, 0.4) is 0 Å². The Kier molecular flexibility index (Phi) is 5.57. The molecule has 32 heavy (non-hydrogen) atoms. The lowest BCUT2D eigenvalue weighted by Crippen LogP contribution is -2.13. The molecule has 5 rings (SSSR count). The summed E-state index contributed by atoms with van der Waals surface area (Å²) in [5.74, 6) is 3.65. The summed E-state index contributed by atoms with van der Waals surface area (Å²) < 4.78 is 12.7. The van der Waals surface area contributed by atoms with Gasteiger partial charge in [0.2, 0.25) is 0 Å². The number of fused-ring (bicyclic) bond motifs is 2. The summed E-state index contributed by atoms with van der Waals surface area (Å²) in [6, 6.07) is 13.5. The van der Waals surface area contributed by atoms with Crippen molar-refractivity contribution in [3.05, 3.63) is 70.1 Å². The second-order valence-electron chi connectivity index (χ2n) is 7.86. The number of aryl methyl sites for hydroxylation is 1. The van der Waals surface area contributed by atoms with E-state index < -0.39 is 0 Å². The smallest absolute Gasteiger partial charge is 0.254 e. The van der Waals surface area contributed by atoms with Crippen LogP contribution in [0.15, 0.2) is 42.5 Å². The maximum absolute atomic E-state index is 6.02. The van der Waals surface area contributed by atoms with Crippen LogP contribution in [0.1, 0.15) is 35.5 Å². The predicted molar refractivity (Wildman–Crippen MR) is 125 cm³/mol. The number of hydrogen-bond donors (Lipinski definition) is 1. The van der Waals surface area contributed by atoms with Crippen LogP contribution in [-0.4, -0.2) is 33.8 Å². The van der Waals surface area contributed by atoms with Gasteiger partial charge in [0.25, 0.3) is 5.78 Å². The third-order valence-electron chi connectivity index (χ3n) is 5.69. The average molecular weight is 450 g/mol. The summed E-state index contributed by atoms with van der Waals surface area (Å²) >= 11 is 6.02. The Labute approximate surface area is 191 Å². The van der Waals surface area contributed by atoms with Crippen LogP contribution in [0, 0.1) is 0 Å². The summed E-state index contributed by atoms with van der Waals surface area (Å²) in [6.45, 7) is 0. The molecule has 0 radical (unpaired) electrons. The van der Waals surface area contributed by atoms with Crippen LogP contribution in [0.2, 0.25) is 5.02 Å². The first-order valence-corrected chi connectivity index (χ1v) is 11.0. The van der Waals surface area contributed by atoms with Gasteiger partial charge in [-0.25, -0.2) is 4.98 Å². The molecule has 4 aromatic rings. The van der Waals surface area contributed by atoms with Gasteiger partial charge in [-0.15, -0.1) is 5.10 Å². The fraction of sp³-hybridized carbons (Fsp3) is 0.292. The Hall–Kier alpha value is -3.32. The number of nitrogens with zero attached hydrogens (tertiary/aromatic N) is 4. The summed E-state index contributed by atoms with van der Waals surface area (Å²) in [5, 5.41) is 9.07. The molecule has 0 bridgehead atoms. The molecule has 0 spiro atoms. The second-order valence-corrected chi connectivity index (χ2v) is 8.30. The van der Waals surface area contributed by atoms with E-state index >= 15 is 0 Å². The van der Waals surface area contributed by atoms with E-state index in [2.05, 4.69) is 5.32 Å². The number of aromatic nitrogens is 4. The molecule has 0 saturated carbocycles. The van der Waals surface area contributed by atoms with Crippen LogP contribution >= 0.6 is 11.6 Å². The highest BCUT2D eigenvalue weighted by molar-refractivity contribution is 6.30. The standard InChI is InChI=1S/C24H24ClN5O2/c1-31-18-12-17(13-19(14-18)32-2)26-23-20-5-3-4-6-21(20)27-24-28-22(29-30(23)24)11-15-7-9-16(25)10-8-15/h7-10,12-14,26H,3-6,11H2,1-2H3. The zero-order valence-electron chi connectivity index (χ0n) is 18.1. The molecule has 0 saturated heterocycles. The van der Waals surface area contributed by atoms with Gasteiger partial charge in [-0.1, -0.05) is 23.7 Å². The number of rotatable bonds is 6. The first kappa shape index (κ1) is 20.6. The van der Waals surface area contributed by atoms with Crippen molar-refractivity contribution in [2.24, 2.45) is 0 Å². The molecular formula is C24H24ClN5O2. The monoisotopic (exact) mass is 449 g/mol. The highest BCUT2D eigenvalue weighted by Gasteiger charge is 2.21. The van der Waals surface area contributed by atoms with E-state index in [1.807, 2.05) is 47.0 Å². The summed E-state index contributed by atoms with van der Waals surface area (Å²) in [6.07, 6.45) is 4.77. The Bertz CT molecular complexity index is 1250. The largest absolute Gasteiger partial charge is 0.497 e. The fourth-order valence-corrected chi connectivity index (χ4v) is 4.21. The van der Waals surface area contributed by atoms with Crippen molar-refractivity contribution in [2.75, 3.05) is 19.5 Å². The first-order chi connectivity index (χ1) is 15.6. The van der Waals surface area contributed by atoms with Gasteiger partial charge in [-0.3, -0.25) is 0 Å². The summed E-state index contributed by atoms with van der Waals surface area (Å²) in [5.41, 5.74) is 4.23. The molecule has 1 N–H and O–H groups in total. The number of nitrogens with one attached hydrogen (secondary N) is 1. The summed E-state index contributed by atoms with van der Waals surface area (Å²) in [4.78, 5) is 9.57. The normalized spacial score (nSPS) is 13.1. The lowest BCUT2D eigenvalue weighted by Gasteiger charge is -2.20. The molecule has 1 aliphatic carbocycles. The van der Waals surface area contributed by atoms with Crippen LogP contribution in [0.5, 0.6) is 11.5 Å². The van der Waals surface area contributed by atoms with Gasteiger partial charge in [0.1, 0.15) is 17.3 Å². The van der Waals surface area contributed by atoms with Crippen molar-refractivity contribution in [3.8, 4) is 11.5 Å². The van der Waals surface area contributed by atoms with E-state index in [1.54, 1.807) is 14.2 Å². The molecule has 8 heteroatoms. The minimum atomic E-state index is 0.604. The van der Waals surface area contributed by atoms with Crippen LogP contribution in [0.4, 0.5) is 11.5 Å². The number of hydrogen-bond acceptors (Lipinski definition) is 6. The zero-order chi connectivity index (χ0) is 22.1. The number of benzene rings is 2. The number of anilines is 2. The zero-order valence-corrected chi connectivity index (χ0v) is 18.8. The van der Waals surface area contributed by atoms with Crippen molar-refractivity contribution in [1.29, 1.82) is 0 Å². The lowest BCUT2D eigenvalue weighted by molar-refractivity contribution is 0.395. The number of methoxy groups -OCH3 is 2. The van der Waals surface area contributed by atoms with Gasteiger partial charge in [0.05, 0.1) is 19.9 Å². The van der Waals surface area contributed by atoms with Gasteiger partial charge in [-0.2, -0.15) is 9.50 Å². The van der Waals surface area contributed by atoms with E-state index in [0.717, 1.165) is 48.4 Å². The lowest BCUT2D eigenvalue weighted by atomic mass is 9.96. The highest BCUT2D eigenvalue weighted by atomic mass is 35.5. The molecule has 2 heterocycles. The molecule has 0 unspecified atom stereocenters. The van der Waals surface area contributed by atoms with E-state index in [0.29, 0.717) is 34.5 Å². The van der Waals surface area contributed by atoms with Crippen LogP contribution in [0.25, 0.3) is 5.78 Å². The van der Waals surface area contributed by atoms with Gasteiger partial charge in [0.15, 0.2) is 5.82 Å². The third-order valence-corrected chi connectivity index (χ3v) is 5.95. The minimum Gasteiger partial charge on any atom is -0.497 e. The average Bonchev–Trinajstić information content (AvgIpc) is 3.22. The minimum absolute atomic E-state index is 0.604. The molecular weight excluding hydrogens is 426 g/mol. The van der Waals surface area contributed by atoms with Crippen molar-refractivity contribution in [1.82, 2.24) is 19.6 Å². The van der Waals surface area contributed by atoms with E-state index in [9.17, 15) is 0 Å². The SMILES string of the molecule is COc1cc(Nc2c3c(nc4nc(Cc5ccc(Cl)cc5)nn24)CCCC3)cc(OC)c1. The topological polar surface area (TPSA) is 73.6 Å². The van der Waals surface area contributed by atoms with Crippen molar-refractivity contribution in [3.63, 3.8) is 0 Å². The van der Waals surface area contributed by atoms with Crippen molar-refractivity contribution >= 4 is 28.9 Å². The molecule has 0 amide bonds.